The number of nitrogens with one attached hydrogen (secondary N) is 3. The van der Waals surface area contributed by atoms with Crippen LogP contribution in [-0.4, -0.2) is 64.8 Å². The number of aromatic nitrogens is 2. The molecule has 1 amide bonds. The Morgan fingerprint density at radius 3 is 2.44 bits per heavy atom. The Labute approximate surface area is 278 Å². The van der Waals surface area contributed by atoms with E-state index >= 15 is 0 Å². The molecule has 48 heavy (non-hydrogen) atoms. The Hall–Kier alpha value is -3.90. The zero-order chi connectivity index (χ0) is 33.8. The van der Waals surface area contributed by atoms with Crippen molar-refractivity contribution < 1.29 is 27.8 Å². The molecule has 4 bridgehead atoms. The molecule has 9 nitrogen and oxygen atoms in total. The van der Waals surface area contributed by atoms with Gasteiger partial charge >= 0.3 is 6.18 Å². The third-order valence-electron chi connectivity index (χ3n) is 11.2. The summed E-state index contributed by atoms with van der Waals surface area (Å²) in [6.45, 7) is 3.77. The van der Waals surface area contributed by atoms with Crippen molar-refractivity contribution in [2.75, 3.05) is 37.9 Å². The highest BCUT2D eigenvalue weighted by Gasteiger charge is 2.56. The predicted octanol–water partition coefficient (Wildman–Crippen LogP) is 6.78. The first-order valence-corrected chi connectivity index (χ1v) is 16.9. The van der Waals surface area contributed by atoms with Gasteiger partial charge in [-0.1, -0.05) is 18.2 Å². The number of piperidine rings is 1. The number of hydrogen-bond donors (Lipinski definition) is 4. The van der Waals surface area contributed by atoms with Gasteiger partial charge in [0.25, 0.3) is 5.91 Å². The number of methoxy groups -OCH3 is 1. The zero-order valence-electron chi connectivity index (χ0n) is 27.5. The van der Waals surface area contributed by atoms with Crippen molar-refractivity contribution >= 4 is 29.0 Å². The molecule has 2 atom stereocenters. The molecule has 256 valence electrons. The van der Waals surface area contributed by atoms with E-state index in [1.54, 1.807) is 26.2 Å². The minimum atomic E-state index is -4.73. The molecule has 2 unspecified atom stereocenters. The number of anilines is 4. The molecular formula is C36H43F3N6O3. The average Bonchev–Trinajstić information content (AvgIpc) is 3.04. The summed E-state index contributed by atoms with van der Waals surface area (Å²) in [4.78, 5) is 23.4. The molecule has 1 aromatic heterocycles. The van der Waals surface area contributed by atoms with Gasteiger partial charge in [-0.05, 0) is 118 Å². The largest absolute Gasteiger partial charge is 0.495 e. The Balaban J connectivity index is 1.07. The molecule has 0 spiro atoms. The number of ether oxygens (including phenoxy) is 1. The molecule has 0 radical (unpaired) electrons. The second-order valence-electron chi connectivity index (χ2n) is 14.2. The molecule has 4 N–H and O–H groups in total. The Morgan fingerprint density at radius 2 is 1.79 bits per heavy atom. The van der Waals surface area contributed by atoms with Gasteiger partial charge in [0.15, 0.2) is 0 Å². The maximum atomic E-state index is 14.0. The topological polar surface area (TPSA) is 112 Å². The molecule has 12 heteroatoms. The highest BCUT2D eigenvalue weighted by Crippen LogP contribution is 2.57. The monoisotopic (exact) mass is 664 g/mol. The fourth-order valence-electron chi connectivity index (χ4n) is 9.29. The molecule has 2 aromatic carbocycles. The van der Waals surface area contributed by atoms with E-state index < -0.39 is 29.1 Å². The van der Waals surface area contributed by atoms with Crippen LogP contribution in [0.1, 0.15) is 77.9 Å². The summed E-state index contributed by atoms with van der Waals surface area (Å²) < 4.78 is 47.9. The summed E-state index contributed by atoms with van der Waals surface area (Å²) in [6, 6.07) is 11.4. The van der Waals surface area contributed by atoms with Crippen LogP contribution < -0.4 is 20.7 Å². The van der Waals surface area contributed by atoms with E-state index in [-0.39, 0.29) is 17.2 Å². The highest BCUT2D eigenvalue weighted by atomic mass is 19.4. The fourth-order valence-corrected chi connectivity index (χ4v) is 9.29. The zero-order valence-corrected chi connectivity index (χ0v) is 27.5. The van der Waals surface area contributed by atoms with Crippen LogP contribution in [0.15, 0.2) is 42.6 Å². The van der Waals surface area contributed by atoms with Crippen molar-refractivity contribution in [2.45, 2.75) is 75.6 Å². The van der Waals surface area contributed by atoms with Crippen LogP contribution in [0.25, 0.3) is 0 Å². The second-order valence-corrected chi connectivity index (χ2v) is 14.2. The number of halogens is 3. The number of amides is 1. The van der Waals surface area contributed by atoms with Crippen molar-refractivity contribution in [3.63, 3.8) is 0 Å². The number of hydrogen-bond acceptors (Lipinski definition) is 8. The summed E-state index contributed by atoms with van der Waals surface area (Å²) in [5.41, 5.74) is 1.21. The molecular weight excluding hydrogens is 621 g/mol. The molecule has 2 heterocycles. The van der Waals surface area contributed by atoms with E-state index in [0.717, 1.165) is 57.0 Å². The maximum Gasteiger partial charge on any atom is 0.421 e. The summed E-state index contributed by atoms with van der Waals surface area (Å²) in [6.07, 6.45) is 3.50. The van der Waals surface area contributed by atoms with Crippen molar-refractivity contribution in [1.29, 1.82) is 0 Å². The van der Waals surface area contributed by atoms with Crippen LogP contribution in [0, 0.1) is 24.7 Å². The standard InChI is InChI=1S/C36H43F3N6O3/c1-20-5-4-6-26(33(46)40-2)30(20)43-32-27(36(37,38)39)19-41-34(44-32)42-28-8-7-23(15-29(28)48-3)22-9-11-45(12-10-22)31-24-13-21-14-25(31)18-35(47,16-21)17-24/h4-8,15,19,21-22,24-25,31,47H,9-14,16-18H2,1-3H3,(H,40,46)(H2,41,42,43,44)/t21?,24?,25?,31-,35-. The number of carbonyl (C=O) groups excluding carboxylic acids is 1. The second kappa shape index (κ2) is 12.5. The van der Waals surface area contributed by atoms with E-state index in [0.29, 0.717) is 46.7 Å². The third-order valence-corrected chi connectivity index (χ3v) is 11.2. The van der Waals surface area contributed by atoms with Gasteiger partial charge in [-0.25, -0.2) is 4.98 Å². The minimum Gasteiger partial charge on any atom is -0.495 e. The molecule has 1 aliphatic heterocycles. The van der Waals surface area contributed by atoms with E-state index in [1.165, 1.54) is 26.0 Å². The summed E-state index contributed by atoms with van der Waals surface area (Å²) in [5.74, 6) is 1.86. The van der Waals surface area contributed by atoms with Gasteiger partial charge in [-0.15, -0.1) is 0 Å². The molecule has 1 saturated heterocycles. The van der Waals surface area contributed by atoms with Crippen molar-refractivity contribution in [3.05, 3.63) is 64.8 Å². The number of alkyl halides is 3. The van der Waals surface area contributed by atoms with Crippen LogP contribution in [-0.2, 0) is 6.18 Å². The van der Waals surface area contributed by atoms with Gasteiger partial charge in [0.2, 0.25) is 5.95 Å². The number of para-hydroxylation sites is 1. The van der Waals surface area contributed by atoms with Gasteiger partial charge in [0, 0.05) is 19.3 Å². The number of likely N-dealkylation sites (tertiary alicyclic amines) is 1. The fraction of sp³-hybridized carbons (Fsp3) is 0.528. The van der Waals surface area contributed by atoms with Crippen LogP contribution in [0.2, 0.25) is 0 Å². The maximum absolute atomic E-state index is 14.0. The summed E-state index contributed by atoms with van der Waals surface area (Å²) in [5, 5.41) is 19.4. The van der Waals surface area contributed by atoms with E-state index in [2.05, 4.69) is 30.8 Å². The first kappa shape index (κ1) is 32.6. The summed E-state index contributed by atoms with van der Waals surface area (Å²) >= 11 is 0. The first-order valence-electron chi connectivity index (χ1n) is 16.9. The van der Waals surface area contributed by atoms with Crippen molar-refractivity contribution in [3.8, 4) is 5.75 Å². The Bertz CT molecular complexity index is 1680. The number of nitrogens with zero attached hydrogens (tertiary/aromatic N) is 3. The van der Waals surface area contributed by atoms with E-state index in [1.807, 2.05) is 18.2 Å². The number of aryl methyl sites for hydroxylation is 1. The number of rotatable bonds is 8. The molecule has 8 rings (SSSR count). The molecule has 3 aromatic rings. The van der Waals surface area contributed by atoms with Crippen LogP contribution in [0.4, 0.5) is 36.3 Å². The molecule has 5 fully saturated rings. The minimum absolute atomic E-state index is 0.0553. The lowest BCUT2D eigenvalue weighted by atomic mass is 9.52. The van der Waals surface area contributed by atoms with Crippen LogP contribution in [0.5, 0.6) is 5.75 Å². The van der Waals surface area contributed by atoms with Crippen LogP contribution >= 0.6 is 0 Å². The van der Waals surface area contributed by atoms with E-state index in [9.17, 15) is 23.1 Å². The first-order chi connectivity index (χ1) is 22.9. The van der Waals surface area contributed by atoms with Gasteiger partial charge in [-0.3, -0.25) is 9.69 Å². The average molecular weight is 665 g/mol. The quantitative estimate of drug-likeness (QED) is 0.209. The lowest BCUT2D eigenvalue weighted by Gasteiger charge is -2.61. The Kier molecular flexibility index (Phi) is 8.52. The number of benzene rings is 2. The van der Waals surface area contributed by atoms with Gasteiger partial charge in [0.1, 0.15) is 17.1 Å². The van der Waals surface area contributed by atoms with Crippen molar-refractivity contribution in [1.82, 2.24) is 20.2 Å². The number of carbonyl (C=O) groups is 1. The highest BCUT2D eigenvalue weighted by molar-refractivity contribution is 6.00. The van der Waals surface area contributed by atoms with Gasteiger partial charge < -0.3 is 25.8 Å². The SMILES string of the molecule is CNC(=O)c1cccc(C)c1Nc1nc(Nc2ccc(C3CCN([C@H]4C5CC6CC4C[C@](O)(C6)C5)CC3)cc2OC)ncc1C(F)(F)F. The van der Waals surface area contributed by atoms with Gasteiger partial charge in [-0.2, -0.15) is 18.2 Å². The summed E-state index contributed by atoms with van der Waals surface area (Å²) in [7, 11) is 3.02. The lowest BCUT2D eigenvalue weighted by Crippen LogP contribution is -2.62. The van der Waals surface area contributed by atoms with Crippen molar-refractivity contribution in [2.24, 2.45) is 17.8 Å². The smallest absolute Gasteiger partial charge is 0.421 e. The number of aliphatic hydroxyl groups is 1. The lowest BCUT2D eigenvalue weighted by molar-refractivity contribution is -0.162. The normalized spacial score (nSPS) is 27.1. The molecule has 5 aliphatic rings. The third kappa shape index (κ3) is 6.20. The molecule has 4 aliphatic carbocycles. The Morgan fingerprint density at radius 1 is 1.06 bits per heavy atom. The molecule has 4 saturated carbocycles. The van der Waals surface area contributed by atoms with Gasteiger partial charge in [0.05, 0.1) is 29.6 Å². The van der Waals surface area contributed by atoms with Crippen LogP contribution in [0.3, 0.4) is 0 Å². The predicted molar refractivity (Wildman–Crippen MR) is 177 cm³/mol. The van der Waals surface area contributed by atoms with E-state index in [4.69, 9.17) is 4.74 Å².